The van der Waals surface area contributed by atoms with Crippen LogP contribution >= 0.6 is 23.4 Å². The number of thioether (sulfide) groups is 1. The number of halogens is 3. The van der Waals surface area contributed by atoms with Gasteiger partial charge >= 0.3 is 6.61 Å². The first-order valence-electron chi connectivity index (χ1n) is 7.32. The zero-order chi connectivity index (χ0) is 17.8. The molecule has 0 aliphatic rings. The minimum atomic E-state index is -2.83. The molecule has 3 rings (SSSR count). The molecule has 25 heavy (non-hydrogen) atoms. The SMILES string of the molecule is CC(Sc1nnc(-c2ccc(Cl)cc2)o1)c1ccc(OC(F)F)cc1. The van der Waals surface area contributed by atoms with Crippen molar-refractivity contribution in [2.75, 3.05) is 0 Å². The Bertz CT molecular complexity index is 825. The summed E-state index contributed by atoms with van der Waals surface area (Å²) in [5.74, 6) is 0.533. The number of benzene rings is 2. The molecule has 1 heterocycles. The first-order valence-corrected chi connectivity index (χ1v) is 8.58. The number of hydrogen-bond acceptors (Lipinski definition) is 5. The lowest BCUT2D eigenvalue weighted by Crippen LogP contribution is -2.01. The van der Waals surface area contributed by atoms with Crippen LogP contribution in [0.25, 0.3) is 11.5 Å². The summed E-state index contributed by atoms with van der Waals surface area (Å²) in [5.41, 5.74) is 1.71. The van der Waals surface area contributed by atoms with Crippen LogP contribution in [0.2, 0.25) is 5.02 Å². The van der Waals surface area contributed by atoms with E-state index in [1.807, 2.05) is 6.92 Å². The summed E-state index contributed by atoms with van der Waals surface area (Å²) in [6.45, 7) is -0.873. The summed E-state index contributed by atoms with van der Waals surface area (Å²) in [6.07, 6.45) is 0. The van der Waals surface area contributed by atoms with Crippen LogP contribution in [0.3, 0.4) is 0 Å². The van der Waals surface area contributed by atoms with Gasteiger partial charge in [-0.15, -0.1) is 10.2 Å². The van der Waals surface area contributed by atoms with E-state index in [9.17, 15) is 8.78 Å². The summed E-state index contributed by atoms with van der Waals surface area (Å²) in [6, 6.07) is 13.6. The van der Waals surface area contributed by atoms with E-state index in [-0.39, 0.29) is 11.0 Å². The predicted octanol–water partition coefficient (Wildman–Crippen LogP) is 5.84. The van der Waals surface area contributed by atoms with Crippen molar-refractivity contribution in [2.24, 2.45) is 0 Å². The fourth-order valence-electron chi connectivity index (χ4n) is 2.11. The summed E-state index contributed by atoms with van der Waals surface area (Å²) >= 11 is 7.24. The van der Waals surface area contributed by atoms with Crippen molar-refractivity contribution in [2.45, 2.75) is 24.0 Å². The summed E-state index contributed by atoms with van der Waals surface area (Å²) in [5, 5.41) is 9.10. The van der Waals surface area contributed by atoms with E-state index in [0.29, 0.717) is 16.1 Å². The molecule has 3 aromatic rings. The lowest BCUT2D eigenvalue weighted by molar-refractivity contribution is -0.0498. The number of aromatic nitrogens is 2. The molecule has 4 nitrogen and oxygen atoms in total. The minimum Gasteiger partial charge on any atom is -0.435 e. The van der Waals surface area contributed by atoms with Gasteiger partial charge in [-0.2, -0.15) is 8.78 Å². The quantitative estimate of drug-likeness (QED) is 0.501. The Kier molecular flexibility index (Phi) is 5.55. The molecular formula is C17H13ClF2N2O2S. The Morgan fingerprint density at radius 3 is 2.36 bits per heavy atom. The van der Waals surface area contributed by atoms with Crippen molar-refractivity contribution < 1.29 is 17.9 Å². The highest BCUT2D eigenvalue weighted by atomic mass is 35.5. The van der Waals surface area contributed by atoms with E-state index in [1.165, 1.54) is 23.9 Å². The lowest BCUT2D eigenvalue weighted by atomic mass is 10.2. The third-order valence-corrected chi connectivity index (χ3v) is 4.59. The fraction of sp³-hybridized carbons (Fsp3) is 0.176. The highest BCUT2D eigenvalue weighted by molar-refractivity contribution is 7.99. The van der Waals surface area contributed by atoms with Crippen LogP contribution in [0.15, 0.2) is 58.2 Å². The first-order chi connectivity index (χ1) is 12.0. The van der Waals surface area contributed by atoms with Crippen molar-refractivity contribution in [1.29, 1.82) is 0 Å². The second-order valence-electron chi connectivity index (χ2n) is 5.09. The molecule has 0 N–H and O–H groups in total. The van der Waals surface area contributed by atoms with Gasteiger partial charge in [-0.3, -0.25) is 0 Å². The van der Waals surface area contributed by atoms with Crippen molar-refractivity contribution >= 4 is 23.4 Å². The molecule has 0 spiro atoms. The van der Waals surface area contributed by atoms with Gasteiger partial charge in [0.15, 0.2) is 0 Å². The van der Waals surface area contributed by atoms with Gasteiger partial charge in [0, 0.05) is 15.8 Å². The summed E-state index contributed by atoms with van der Waals surface area (Å²) < 4.78 is 34.3. The molecule has 130 valence electrons. The number of nitrogens with zero attached hydrogens (tertiary/aromatic N) is 2. The molecule has 0 bridgehead atoms. The smallest absolute Gasteiger partial charge is 0.387 e. The molecule has 0 fully saturated rings. The third kappa shape index (κ3) is 4.70. The molecule has 1 unspecified atom stereocenters. The Balaban J connectivity index is 1.67. The maximum atomic E-state index is 12.2. The van der Waals surface area contributed by atoms with Crippen molar-refractivity contribution in [3.8, 4) is 17.2 Å². The fourth-order valence-corrected chi connectivity index (χ4v) is 3.04. The van der Waals surface area contributed by atoms with Crippen LogP contribution in [0.5, 0.6) is 5.75 Å². The molecule has 0 amide bonds. The van der Waals surface area contributed by atoms with Crippen molar-refractivity contribution in [3.05, 3.63) is 59.1 Å². The number of hydrogen-bond donors (Lipinski definition) is 0. The number of ether oxygens (including phenoxy) is 1. The highest BCUT2D eigenvalue weighted by Gasteiger charge is 2.15. The second-order valence-corrected chi connectivity index (χ2v) is 6.82. The van der Waals surface area contributed by atoms with Crippen LogP contribution in [-0.2, 0) is 0 Å². The Morgan fingerprint density at radius 1 is 1.04 bits per heavy atom. The van der Waals surface area contributed by atoms with E-state index in [1.54, 1.807) is 36.4 Å². The Hall–Kier alpha value is -2.12. The molecule has 1 atom stereocenters. The van der Waals surface area contributed by atoms with Crippen molar-refractivity contribution in [3.63, 3.8) is 0 Å². The molecular weight excluding hydrogens is 370 g/mol. The van der Waals surface area contributed by atoms with Gasteiger partial charge in [-0.05, 0) is 48.9 Å². The van der Waals surface area contributed by atoms with Crippen LogP contribution < -0.4 is 4.74 Å². The first kappa shape index (κ1) is 17.7. The Morgan fingerprint density at radius 2 is 1.72 bits per heavy atom. The van der Waals surface area contributed by atoms with E-state index in [2.05, 4.69) is 14.9 Å². The monoisotopic (exact) mass is 382 g/mol. The molecule has 2 aromatic carbocycles. The molecule has 0 saturated carbocycles. The van der Waals surface area contributed by atoms with Gasteiger partial charge in [0.2, 0.25) is 5.89 Å². The van der Waals surface area contributed by atoms with E-state index < -0.39 is 6.61 Å². The van der Waals surface area contributed by atoms with Gasteiger partial charge < -0.3 is 9.15 Å². The predicted molar refractivity (Wildman–Crippen MR) is 92.1 cm³/mol. The van der Waals surface area contributed by atoms with Crippen LogP contribution in [-0.4, -0.2) is 16.8 Å². The largest absolute Gasteiger partial charge is 0.435 e. The van der Waals surface area contributed by atoms with Crippen LogP contribution in [0.4, 0.5) is 8.78 Å². The molecule has 0 saturated heterocycles. The van der Waals surface area contributed by atoms with Crippen LogP contribution in [0.1, 0.15) is 17.7 Å². The normalized spacial score (nSPS) is 12.4. The van der Waals surface area contributed by atoms with Gasteiger partial charge in [0.25, 0.3) is 5.22 Å². The lowest BCUT2D eigenvalue weighted by Gasteiger charge is -2.10. The van der Waals surface area contributed by atoms with E-state index in [4.69, 9.17) is 16.0 Å². The summed E-state index contributed by atoms with van der Waals surface area (Å²) in [7, 11) is 0. The zero-order valence-electron chi connectivity index (χ0n) is 13.0. The molecule has 1 aromatic heterocycles. The van der Waals surface area contributed by atoms with E-state index in [0.717, 1.165) is 11.1 Å². The second kappa shape index (κ2) is 7.84. The summed E-state index contributed by atoms with van der Waals surface area (Å²) in [4.78, 5) is 0. The molecule has 0 aliphatic heterocycles. The standard InChI is InChI=1S/C17H13ClF2N2O2S/c1-10(11-4-8-14(9-5-11)23-16(19)20)25-17-22-21-15(24-17)12-2-6-13(18)7-3-12/h2-10,16H,1H3. The minimum absolute atomic E-state index is 0.000817. The van der Waals surface area contributed by atoms with Crippen LogP contribution in [0, 0.1) is 0 Å². The topological polar surface area (TPSA) is 48.2 Å². The van der Waals surface area contributed by atoms with Crippen molar-refractivity contribution in [1.82, 2.24) is 10.2 Å². The average molecular weight is 383 g/mol. The van der Waals surface area contributed by atoms with E-state index >= 15 is 0 Å². The number of alkyl halides is 2. The van der Waals surface area contributed by atoms with Gasteiger partial charge in [0.1, 0.15) is 5.75 Å². The molecule has 0 radical (unpaired) electrons. The maximum Gasteiger partial charge on any atom is 0.387 e. The van der Waals surface area contributed by atoms with Gasteiger partial charge in [0.05, 0.1) is 0 Å². The maximum absolute atomic E-state index is 12.2. The average Bonchev–Trinajstić information content (AvgIpc) is 3.04. The Labute approximate surface area is 152 Å². The zero-order valence-corrected chi connectivity index (χ0v) is 14.6. The third-order valence-electron chi connectivity index (χ3n) is 3.35. The molecule has 8 heteroatoms. The number of rotatable bonds is 6. The van der Waals surface area contributed by atoms with Gasteiger partial charge in [-0.25, -0.2) is 0 Å². The molecule has 0 aliphatic carbocycles. The van der Waals surface area contributed by atoms with Gasteiger partial charge in [-0.1, -0.05) is 35.5 Å². The highest BCUT2D eigenvalue weighted by Crippen LogP contribution is 2.35.